The number of hydrogen-bond acceptors (Lipinski definition) is 7. The number of rotatable bonds is 6. The van der Waals surface area contributed by atoms with Gasteiger partial charge in [0.25, 0.3) is 0 Å². The first kappa shape index (κ1) is 27.3. The zero-order valence-electron chi connectivity index (χ0n) is 20.5. The van der Waals surface area contributed by atoms with Crippen LogP contribution >= 0.6 is 27.5 Å². The van der Waals surface area contributed by atoms with E-state index in [1.165, 1.54) is 11.9 Å². The SMILES string of the molecule is COc1cc(N2CC[C@@H](Oc3ccc(N4N=C(C(F)(F)F)[C@@H](C)[C@@H]4CC#N)c(Br)c3)[C@H](C)C2)c(Cl)cn1. The van der Waals surface area contributed by atoms with E-state index in [-0.39, 0.29) is 18.4 Å². The molecule has 0 N–H and O–H groups in total. The third-order valence-corrected chi connectivity index (χ3v) is 7.70. The summed E-state index contributed by atoms with van der Waals surface area (Å²) in [4.78, 5) is 6.30. The van der Waals surface area contributed by atoms with Crippen molar-refractivity contribution >= 4 is 44.6 Å². The summed E-state index contributed by atoms with van der Waals surface area (Å²) in [7, 11) is 1.56. The Kier molecular flexibility index (Phi) is 8.09. The van der Waals surface area contributed by atoms with Gasteiger partial charge in [0.05, 0.1) is 48.2 Å². The first-order valence-corrected chi connectivity index (χ1v) is 12.9. The minimum absolute atomic E-state index is 0.0653. The van der Waals surface area contributed by atoms with Gasteiger partial charge in [-0.25, -0.2) is 4.98 Å². The van der Waals surface area contributed by atoms with Crippen LogP contribution in [0.15, 0.2) is 40.0 Å². The molecule has 1 fully saturated rings. The summed E-state index contributed by atoms with van der Waals surface area (Å²) in [5.41, 5.74) is 0.423. The fourth-order valence-electron chi connectivity index (χ4n) is 4.78. The summed E-state index contributed by atoms with van der Waals surface area (Å²) in [5.74, 6) is 0.322. The van der Waals surface area contributed by atoms with E-state index in [1.54, 1.807) is 31.5 Å². The molecule has 4 atom stereocenters. The van der Waals surface area contributed by atoms with Crippen molar-refractivity contribution in [1.29, 1.82) is 5.26 Å². The minimum Gasteiger partial charge on any atom is -0.490 e. The maximum Gasteiger partial charge on any atom is 0.431 e. The number of ether oxygens (including phenoxy) is 2. The molecular formula is C25H26BrClF3N5O2. The van der Waals surface area contributed by atoms with E-state index >= 15 is 0 Å². The second-order valence-electron chi connectivity index (χ2n) is 9.21. The summed E-state index contributed by atoms with van der Waals surface area (Å²) >= 11 is 9.84. The van der Waals surface area contributed by atoms with Gasteiger partial charge in [0.2, 0.25) is 5.88 Å². The van der Waals surface area contributed by atoms with E-state index < -0.39 is 23.8 Å². The summed E-state index contributed by atoms with van der Waals surface area (Å²) in [6.45, 7) is 4.98. The summed E-state index contributed by atoms with van der Waals surface area (Å²) in [6.07, 6.45) is -2.39. The van der Waals surface area contributed by atoms with Crippen molar-refractivity contribution in [3.63, 3.8) is 0 Å². The molecule has 0 radical (unpaired) electrons. The Morgan fingerprint density at radius 2 is 2.00 bits per heavy atom. The number of methoxy groups -OCH3 is 1. The third-order valence-electron chi connectivity index (χ3n) is 6.77. The molecule has 0 aliphatic carbocycles. The van der Waals surface area contributed by atoms with Crippen molar-refractivity contribution in [2.24, 2.45) is 16.9 Å². The van der Waals surface area contributed by atoms with Gasteiger partial charge in [-0.3, -0.25) is 5.01 Å². The van der Waals surface area contributed by atoms with Crippen molar-refractivity contribution in [2.75, 3.05) is 30.1 Å². The van der Waals surface area contributed by atoms with Crippen LogP contribution in [0, 0.1) is 23.2 Å². The maximum atomic E-state index is 13.5. The minimum atomic E-state index is -4.56. The average molecular weight is 601 g/mol. The molecule has 0 unspecified atom stereocenters. The number of nitrogens with zero attached hydrogens (tertiary/aromatic N) is 5. The molecule has 12 heteroatoms. The number of aromatic nitrogens is 1. The highest BCUT2D eigenvalue weighted by Gasteiger charge is 2.48. The largest absolute Gasteiger partial charge is 0.490 e. The molecule has 7 nitrogen and oxygen atoms in total. The number of nitriles is 1. The van der Waals surface area contributed by atoms with E-state index in [2.05, 4.69) is 37.8 Å². The molecule has 2 aliphatic heterocycles. The Labute approximate surface area is 226 Å². The smallest absolute Gasteiger partial charge is 0.431 e. The number of pyridine rings is 1. The zero-order valence-corrected chi connectivity index (χ0v) is 22.8. The Balaban J connectivity index is 1.48. The van der Waals surface area contributed by atoms with Gasteiger partial charge in [0.15, 0.2) is 0 Å². The number of anilines is 2. The first-order chi connectivity index (χ1) is 17.5. The number of benzene rings is 1. The van der Waals surface area contributed by atoms with E-state index in [4.69, 9.17) is 21.1 Å². The van der Waals surface area contributed by atoms with Crippen LogP contribution in [0.3, 0.4) is 0 Å². The highest BCUT2D eigenvalue weighted by molar-refractivity contribution is 9.10. The fourth-order valence-corrected chi connectivity index (χ4v) is 5.54. The van der Waals surface area contributed by atoms with Crippen molar-refractivity contribution in [3.8, 4) is 17.7 Å². The molecule has 4 rings (SSSR count). The predicted octanol–water partition coefficient (Wildman–Crippen LogP) is 6.46. The summed E-state index contributed by atoms with van der Waals surface area (Å²) < 4.78 is 52.5. The van der Waals surface area contributed by atoms with Gasteiger partial charge in [-0.2, -0.15) is 23.5 Å². The highest BCUT2D eigenvalue weighted by atomic mass is 79.9. The normalized spacial score (nSPS) is 24.0. The van der Waals surface area contributed by atoms with Gasteiger partial charge in [0.1, 0.15) is 17.6 Å². The van der Waals surface area contributed by atoms with Crippen molar-refractivity contribution < 1.29 is 22.6 Å². The average Bonchev–Trinajstić information content (AvgIpc) is 3.17. The van der Waals surface area contributed by atoms with Crippen LogP contribution in [-0.2, 0) is 0 Å². The number of piperidine rings is 1. The molecule has 198 valence electrons. The number of hydrazone groups is 1. The van der Waals surface area contributed by atoms with Gasteiger partial charge < -0.3 is 14.4 Å². The van der Waals surface area contributed by atoms with Crippen molar-refractivity contribution in [1.82, 2.24) is 4.98 Å². The van der Waals surface area contributed by atoms with E-state index in [0.717, 1.165) is 18.7 Å². The van der Waals surface area contributed by atoms with Crippen LogP contribution in [0.25, 0.3) is 0 Å². The highest BCUT2D eigenvalue weighted by Crippen LogP contribution is 2.40. The summed E-state index contributed by atoms with van der Waals surface area (Å²) in [5, 5.41) is 14.9. The van der Waals surface area contributed by atoms with Gasteiger partial charge in [-0.1, -0.05) is 25.4 Å². The lowest BCUT2D eigenvalue weighted by atomic mass is 9.95. The van der Waals surface area contributed by atoms with Crippen LogP contribution < -0.4 is 19.4 Å². The van der Waals surface area contributed by atoms with Gasteiger partial charge in [0, 0.05) is 41.9 Å². The van der Waals surface area contributed by atoms with Crippen molar-refractivity contribution in [2.45, 2.75) is 45.0 Å². The van der Waals surface area contributed by atoms with E-state index in [1.807, 2.05) is 12.1 Å². The van der Waals surface area contributed by atoms with Gasteiger partial charge >= 0.3 is 6.18 Å². The van der Waals surface area contributed by atoms with E-state index in [0.29, 0.717) is 33.4 Å². The van der Waals surface area contributed by atoms with E-state index in [9.17, 15) is 18.4 Å². The molecule has 0 amide bonds. The Morgan fingerprint density at radius 1 is 1.24 bits per heavy atom. The molecule has 37 heavy (non-hydrogen) atoms. The molecule has 0 saturated carbocycles. The number of halogens is 5. The van der Waals surface area contributed by atoms with Crippen LogP contribution in [0.1, 0.15) is 26.7 Å². The first-order valence-electron chi connectivity index (χ1n) is 11.8. The lowest BCUT2D eigenvalue weighted by Gasteiger charge is -2.38. The van der Waals surface area contributed by atoms with Gasteiger partial charge in [-0.15, -0.1) is 0 Å². The molecule has 1 saturated heterocycles. The molecule has 2 aromatic rings. The van der Waals surface area contributed by atoms with Crippen LogP contribution in [0.5, 0.6) is 11.6 Å². The molecule has 1 aromatic carbocycles. The monoisotopic (exact) mass is 599 g/mol. The number of alkyl halides is 3. The topological polar surface area (TPSA) is 74.0 Å². The van der Waals surface area contributed by atoms with Crippen LogP contribution in [0.4, 0.5) is 24.5 Å². The third kappa shape index (κ3) is 5.75. The maximum absolute atomic E-state index is 13.5. The molecule has 1 aromatic heterocycles. The zero-order chi connectivity index (χ0) is 26.9. The lowest BCUT2D eigenvalue weighted by Crippen LogP contribution is -2.44. The second-order valence-corrected chi connectivity index (χ2v) is 10.5. The molecule has 0 bridgehead atoms. The standard InChI is InChI=1S/C25H26BrClF3N5O2/c1-14-13-34(21-11-23(36-3)32-12-18(21)27)9-7-22(14)37-16-4-5-20(17(26)10-16)35-19(6-8-31)15(2)24(33-35)25(28,29)30/h4-5,10-12,14-15,19,22H,6-7,9,13H2,1-3H3/t14-,15+,19+,22-/m1/s1. The lowest BCUT2D eigenvalue weighted by molar-refractivity contribution is -0.0620. The fraction of sp³-hybridized carbons (Fsp3) is 0.480. The summed E-state index contributed by atoms with van der Waals surface area (Å²) in [6, 6.07) is 8.20. The molecular weight excluding hydrogens is 575 g/mol. The Bertz CT molecular complexity index is 1220. The van der Waals surface area contributed by atoms with Crippen molar-refractivity contribution in [3.05, 3.63) is 40.0 Å². The molecule has 2 aliphatic rings. The molecule has 0 spiro atoms. The quantitative estimate of drug-likeness (QED) is 0.379. The predicted molar refractivity (Wildman–Crippen MR) is 140 cm³/mol. The van der Waals surface area contributed by atoms with Crippen LogP contribution in [-0.4, -0.2) is 49.2 Å². The second kappa shape index (κ2) is 11.0. The number of hydrogen-bond donors (Lipinski definition) is 0. The Morgan fingerprint density at radius 3 is 2.62 bits per heavy atom. The van der Waals surface area contributed by atoms with Gasteiger partial charge in [-0.05, 0) is 34.1 Å². The molecule has 3 heterocycles. The Hall–Kier alpha value is -2.71. The van der Waals surface area contributed by atoms with Crippen LogP contribution in [0.2, 0.25) is 5.02 Å².